The van der Waals surface area contributed by atoms with Crippen LogP contribution in [0.1, 0.15) is 21.6 Å². The van der Waals surface area contributed by atoms with E-state index in [0.29, 0.717) is 16.4 Å². The van der Waals surface area contributed by atoms with E-state index in [-0.39, 0.29) is 17.1 Å². The molecule has 0 aliphatic heterocycles. The molecule has 1 aromatic carbocycles. The fourth-order valence-electron chi connectivity index (χ4n) is 1.66. The third-order valence-electron chi connectivity index (χ3n) is 2.53. The molecule has 0 saturated carbocycles. The van der Waals surface area contributed by atoms with Gasteiger partial charge in [0.2, 0.25) is 0 Å². The Kier molecular flexibility index (Phi) is 4.16. The molecule has 0 bridgehead atoms. The average Bonchev–Trinajstić information content (AvgIpc) is 2.35. The van der Waals surface area contributed by atoms with Crippen molar-refractivity contribution in [3.05, 3.63) is 57.5 Å². The number of benzene rings is 1. The number of nitrogens with zero attached hydrogens (tertiary/aromatic N) is 1. The van der Waals surface area contributed by atoms with Gasteiger partial charge in [-0.1, -0.05) is 35.5 Å². The topological polar surface area (TPSA) is 62.8 Å². The SMILES string of the molecule is Cc1cccc(C(=O)CSc2nc(C)cc(=O)[nH]2)c1. The van der Waals surface area contributed by atoms with Crippen LogP contribution in [0.3, 0.4) is 0 Å². The van der Waals surface area contributed by atoms with Gasteiger partial charge in [-0.05, 0) is 19.9 Å². The minimum atomic E-state index is -0.196. The highest BCUT2D eigenvalue weighted by atomic mass is 32.2. The molecule has 0 amide bonds. The number of carbonyl (C=O) groups excluding carboxylic acids is 1. The monoisotopic (exact) mass is 274 g/mol. The number of nitrogens with one attached hydrogen (secondary N) is 1. The Morgan fingerprint density at radius 1 is 1.32 bits per heavy atom. The molecule has 0 spiro atoms. The largest absolute Gasteiger partial charge is 0.301 e. The van der Waals surface area contributed by atoms with Crippen LogP contribution in [-0.2, 0) is 0 Å². The second-order valence-electron chi connectivity index (χ2n) is 4.27. The molecule has 0 saturated heterocycles. The number of ketones is 1. The molecular weight excluding hydrogens is 260 g/mol. The molecule has 2 aromatic rings. The summed E-state index contributed by atoms with van der Waals surface area (Å²) >= 11 is 1.24. The molecule has 4 nitrogen and oxygen atoms in total. The summed E-state index contributed by atoms with van der Waals surface area (Å²) in [5, 5.41) is 0.478. The van der Waals surface area contributed by atoms with Gasteiger partial charge in [0.05, 0.1) is 5.75 Å². The molecule has 0 aliphatic rings. The first kappa shape index (κ1) is 13.5. The van der Waals surface area contributed by atoms with E-state index in [1.54, 1.807) is 13.0 Å². The Morgan fingerprint density at radius 2 is 2.11 bits per heavy atom. The quantitative estimate of drug-likeness (QED) is 0.528. The van der Waals surface area contributed by atoms with Crippen molar-refractivity contribution in [2.75, 3.05) is 5.75 Å². The van der Waals surface area contributed by atoms with Gasteiger partial charge in [-0.3, -0.25) is 9.59 Å². The molecular formula is C14H14N2O2S. The molecule has 1 heterocycles. The van der Waals surface area contributed by atoms with Gasteiger partial charge < -0.3 is 4.98 Å². The summed E-state index contributed by atoms with van der Waals surface area (Å²) < 4.78 is 0. The van der Waals surface area contributed by atoms with E-state index in [2.05, 4.69) is 9.97 Å². The van der Waals surface area contributed by atoms with Crippen LogP contribution in [-0.4, -0.2) is 21.5 Å². The zero-order chi connectivity index (χ0) is 13.8. The van der Waals surface area contributed by atoms with Crippen LogP contribution < -0.4 is 5.56 Å². The number of Topliss-reactive ketones (excluding diaryl/α,β-unsaturated/α-hetero) is 1. The number of hydrogen-bond donors (Lipinski definition) is 1. The molecule has 1 aromatic heterocycles. The number of aromatic nitrogens is 2. The molecule has 0 unspecified atom stereocenters. The molecule has 0 radical (unpaired) electrons. The summed E-state index contributed by atoms with van der Waals surface area (Å²) in [5.74, 6) is 0.286. The molecule has 5 heteroatoms. The standard InChI is InChI=1S/C14H14N2O2S/c1-9-4-3-5-11(6-9)12(17)8-19-14-15-10(2)7-13(18)16-14/h3-7H,8H2,1-2H3,(H,15,16,18). The second-order valence-corrected chi connectivity index (χ2v) is 5.24. The van der Waals surface area contributed by atoms with E-state index in [1.165, 1.54) is 17.8 Å². The fourth-order valence-corrected chi connectivity index (χ4v) is 2.47. The maximum absolute atomic E-state index is 12.0. The van der Waals surface area contributed by atoms with E-state index in [0.717, 1.165) is 5.56 Å². The third-order valence-corrected chi connectivity index (χ3v) is 3.40. The predicted molar refractivity (Wildman–Crippen MR) is 75.8 cm³/mol. The van der Waals surface area contributed by atoms with Crippen molar-refractivity contribution in [3.8, 4) is 0 Å². The average molecular weight is 274 g/mol. The van der Waals surface area contributed by atoms with Crippen LogP contribution in [0.15, 0.2) is 40.3 Å². The Morgan fingerprint density at radius 3 is 2.79 bits per heavy atom. The minimum Gasteiger partial charge on any atom is -0.301 e. The zero-order valence-corrected chi connectivity index (χ0v) is 11.6. The number of hydrogen-bond acceptors (Lipinski definition) is 4. The highest BCUT2D eigenvalue weighted by Crippen LogP contribution is 2.14. The maximum atomic E-state index is 12.0. The van der Waals surface area contributed by atoms with Gasteiger partial charge in [-0.15, -0.1) is 0 Å². The molecule has 19 heavy (non-hydrogen) atoms. The lowest BCUT2D eigenvalue weighted by molar-refractivity contribution is 0.102. The smallest absolute Gasteiger partial charge is 0.251 e. The lowest BCUT2D eigenvalue weighted by atomic mass is 10.1. The van der Waals surface area contributed by atoms with Crippen LogP contribution in [0, 0.1) is 13.8 Å². The van der Waals surface area contributed by atoms with E-state index in [4.69, 9.17) is 0 Å². The lowest BCUT2D eigenvalue weighted by Gasteiger charge is -2.02. The zero-order valence-electron chi connectivity index (χ0n) is 10.8. The number of aromatic amines is 1. The summed E-state index contributed by atoms with van der Waals surface area (Å²) in [6.07, 6.45) is 0. The van der Waals surface area contributed by atoms with Crippen LogP contribution in [0.2, 0.25) is 0 Å². The predicted octanol–water partition coefficient (Wildman–Crippen LogP) is 2.36. The Hall–Kier alpha value is -1.88. The van der Waals surface area contributed by atoms with Gasteiger partial charge in [0.25, 0.3) is 5.56 Å². The first-order valence-corrected chi connectivity index (χ1v) is 6.84. The van der Waals surface area contributed by atoms with Crippen molar-refractivity contribution in [3.63, 3.8) is 0 Å². The van der Waals surface area contributed by atoms with Gasteiger partial charge in [0.15, 0.2) is 10.9 Å². The van der Waals surface area contributed by atoms with E-state index in [1.807, 2.05) is 25.1 Å². The maximum Gasteiger partial charge on any atom is 0.251 e. The van der Waals surface area contributed by atoms with E-state index >= 15 is 0 Å². The second kappa shape index (κ2) is 5.84. The Bertz CT molecular complexity index is 664. The molecule has 0 aliphatic carbocycles. The number of thioether (sulfide) groups is 1. The summed E-state index contributed by atoms with van der Waals surface area (Å²) in [4.78, 5) is 30.1. The summed E-state index contributed by atoms with van der Waals surface area (Å²) in [6, 6.07) is 8.88. The van der Waals surface area contributed by atoms with Crippen molar-refractivity contribution in [2.24, 2.45) is 0 Å². The fraction of sp³-hybridized carbons (Fsp3) is 0.214. The highest BCUT2D eigenvalue weighted by molar-refractivity contribution is 7.99. The van der Waals surface area contributed by atoms with Crippen LogP contribution in [0.4, 0.5) is 0 Å². The van der Waals surface area contributed by atoms with Crippen LogP contribution >= 0.6 is 11.8 Å². The number of H-pyrrole nitrogens is 1. The lowest BCUT2D eigenvalue weighted by Crippen LogP contribution is -2.10. The normalized spacial score (nSPS) is 10.4. The van der Waals surface area contributed by atoms with E-state index in [9.17, 15) is 9.59 Å². The molecule has 2 rings (SSSR count). The van der Waals surface area contributed by atoms with Crippen molar-refractivity contribution in [2.45, 2.75) is 19.0 Å². The summed E-state index contributed by atoms with van der Waals surface area (Å²) in [5.41, 5.74) is 2.19. The van der Waals surface area contributed by atoms with Gasteiger partial charge in [0, 0.05) is 17.3 Å². The van der Waals surface area contributed by atoms with Crippen molar-refractivity contribution in [1.29, 1.82) is 0 Å². The van der Waals surface area contributed by atoms with Gasteiger partial charge >= 0.3 is 0 Å². The molecule has 0 fully saturated rings. The Balaban J connectivity index is 2.06. The summed E-state index contributed by atoms with van der Waals surface area (Å²) in [6.45, 7) is 3.70. The highest BCUT2D eigenvalue weighted by Gasteiger charge is 2.08. The summed E-state index contributed by atoms with van der Waals surface area (Å²) in [7, 11) is 0. The van der Waals surface area contributed by atoms with Gasteiger partial charge in [-0.2, -0.15) is 0 Å². The van der Waals surface area contributed by atoms with Crippen LogP contribution in [0.25, 0.3) is 0 Å². The van der Waals surface area contributed by atoms with Crippen molar-refractivity contribution in [1.82, 2.24) is 9.97 Å². The Labute approximate surface area is 115 Å². The van der Waals surface area contributed by atoms with Crippen molar-refractivity contribution >= 4 is 17.5 Å². The van der Waals surface area contributed by atoms with Crippen molar-refractivity contribution < 1.29 is 4.79 Å². The molecule has 1 N–H and O–H groups in total. The third kappa shape index (κ3) is 3.79. The first-order valence-electron chi connectivity index (χ1n) is 5.85. The number of carbonyl (C=O) groups is 1. The first-order chi connectivity index (χ1) is 9.04. The van der Waals surface area contributed by atoms with E-state index < -0.39 is 0 Å². The van der Waals surface area contributed by atoms with Gasteiger partial charge in [-0.25, -0.2) is 4.98 Å². The van der Waals surface area contributed by atoms with Gasteiger partial charge in [0.1, 0.15) is 0 Å². The minimum absolute atomic E-state index is 0.0258. The molecule has 0 atom stereocenters. The van der Waals surface area contributed by atoms with Crippen LogP contribution in [0.5, 0.6) is 0 Å². The molecule has 98 valence electrons. The number of aryl methyl sites for hydroxylation is 2. The number of rotatable bonds is 4.